The second-order valence-corrected chi connectivity index (χ2v) is 8.49. The van der Waals surface area contributed by atoms with E-state index in [1.54, 1.807) is 0 Å². The number of aromatic nitrogens is 3. The zero-order valence-electron chi connectivity index (χ0n) is 17.2. The molecule has 3 heteroatoms. The van der Waals surface area contributed by atoms with Gasteiger partial charge >= 0.3 is 0 Å². The average molecular weight is 402 g/mol. The summed E-state index contributed by atoms with van der Waals surface area (Å²) in [7, 11) is 0. The molecule has 0 amide bonds. The lowest BCUT2D eigenvalue weighted by atomic mass is 10.0. The highest BCUT2D eigenvalue weighted by Crippen LogP contribution is 2.49. The van der Waals surface area contributed by atoms with Gasteiger partial charge in [0.1, 0.15) is 5.69 Å². The first-order valence-corrected chi connectivity index (χ1v) is 10.9. The Balaban J connectivity index is 1.14. The van der Waals surface area contributed by atoms with Crippen molar-refractivity contribution < 1.29 is 0 Å². The predicted octanol–water partition coefficient (Wildman–Crippen LogP) is 6.43. The molecule has 6 rings (SSSR count). The topological polar surface area (TPSA) is 30.7 Å². The Labute approximate surface area is 182 Å². The molecule has 1 saturated carbocycles. The van der Waals surface area contributed by atoms with Crippen LogP contribution in [0.5, 0.6) is 0 Å². The Hall–Kier alpha value is -3.72. The molecule has 0 bridgehead atoms. The van der Waals surface area contributed by atoms with E-state index in [4.69, 9.17) is 0 Å². The van der Waals surface area contributed by atoms with Gasteiger partial charge in [0.15, 0.2) is 0 Å². The third-order valence-corrected chi connectivity index (χ3v) is 6.38. The van der Waals surface area contributed by atoms with Crippen molar-refractivity contribution in [3.05, 3.63) is 114 Å². The highest BCUT2D eigenvalue weighted by molar-refractivity contribution is 5.83. The lowest BCUT2D eigenvalue weighted by molar-refractivity contribution is 0.791. The van der Waals surface area contributed by atoms with Gasteiger partial charge in [-0.05, 0) is 58.7 Å². The van der Waals surface area contributed by atoms with Gasteiger partial charge in [0.2, 0.25) is 0 Å². The smallest absolute Gasteiger partial charge is 0.113 e. The molecular weight excluding hydrogens is 378 g/mol. The van der Waals surface area contributed by atoms with Gasteiger partial charge in [0.05, 0.1) is 11.9 Å². The minimum atomic E-state index is 0.663. The van der Waals surface area contributed by atoms with E-state index < -0.39 is 0 Å². The third kappa shape index (κ3) is 3.64. The molecule has 3 nitrogen and oxygen atoms in total. The van der Waals surface area contributed by atoms with E-state index in [0.29, 0.717) is 5.92 Å². The van der Waals surface area contributed by atoms with Gasteiger partial charge in [-0.25, -0.2) is 4.68 Å². The summed E-state index contributed by atoms with van der Waals surface area (Å²) in [5.41, 5.74) is 5.89. The second kappa shape index (κ2) is 7.51. The van der Waals surface area contributed by atoms with Crippen LogP contribution >= 0.6 is 0 Å². The van der Waals surface area contributed by atoms with E-state index >= 15 is 0 Å². The molecule has 0 aliphatic heterocycles. The first-order valence-electron chi connectivity index (χ1n) is 10.9. The molecule has 1 aliphatic carbocycles. The molecule has 4 aromatic carbocycles. The summed E-state index contributed by atoms with van der Waals surface area (Å²) >= 11 is 0. The minimum Gasteiger partial charge on any atom is -0.220 e. The summed E-state index contributed by atoms with van der Waals surface area (Å²) in [5, 5.41) is 11.3. The van der Waals surface area contributed by atoms with Crippen LogP contribution in [0.1, 0.15) is 23.5 Å². The summed E-state index contributed by atoms with van der Waals surface area (Å²) in [4.78, 5) is 0. The Bertz CT molecular complexity index is 1340. The first-order chi connectivity index (χ1) is 15.3. The van der Waals surface area contributed by atoms with Gasteiger partial charge in [-0.1, -0.05) is 90.1 Å². The van der Waals surface area contributed by atoms with Crippen LogP contribution in [0, 0.1) is 5.92 Å². The molecule has 1 aliphatic rings. The number of rotatable bonds is 5. The fraction of sp³-hybridized carbons (Fsp3) is 0.143. The van der Waals surface area contributed by atoms with Crippen molar-refractivity contribution in [2.75, 3.05) is 0 Å². The summed E-state index contributed by atoms with van der Waals surface area (Å²) in [6.07, 6.45) is 4.42. The second-order valence-electron chi connectivity index (χ2n) is 8.49. The quantitative estimate of drug-likeness (QED) is 0.339. The normalized spacial score (nSPS) is 17.7. The lowest BCUT2D eigenvalue weighted by Gasteiger charge is -2.05. The van der Waals surface area contributed by atoms with Gasteiger partial charge < -0.3 is 0 Å². The standard InChI is InChI=1S/C28H23N3/c1-2-7-23(8-3-1)28-19-31(30-29-28)26-14-12-22(13-15-26)27-18-25(27)17-20-10-11-21-6-4-5-9-24(21)16-20/h1-16,19,25,27H,17-18H2. The van der Waals surface area contributed by atoms with Gasteiger partial charge in [0, 0.05) is 5.56 Å². The van der Waals surface area contributed by atoms with Crippen molar-refractivity contribution in [3.63, 3.8) is 0 Å². The summed E-state index contributed by atoms with van der Waals surface area (Å²) < 4.78 is 1.85. The molecule has 0 N–H and O–H groups in total. The Kier molecular flexibility index (Phi) is 4.38. The van der Waals surface area contributed by atoms with E-state index in [0.717, 1.165) is 29.3 Å². The Morgan fingerprint density at radius 3 is 2.39 bits per heavy atom. The molecular formula is C28H23N3. The zero-order valence-corrected chi connectivity index (χ0v) is 17.2. The number of fused-ring (bicyclic) bond motifs is 1. The van der Waals surface area contributed by atoms with Gasteiger partial charge in [0.25, 0.3) is 0 Å². The molecule has 1 aromatic heterocycles. The van der Waals surface area contributed by atoms with Crippen LogP contribution in [-0.4, -0.2) is 15.0 Å². The average Bonchev–Trinajstić information content (AvgIpc) is 3.41. The van der Waals surface area contributed by atoms with Crippen LogP contribution in [0.4, 0.5) is 0 Å². The van der Waals surface area contributed by atoms with Crippen LogP contribution in [-0.2, 0) is 6.42 Å². The van der Waals surface area contributed by atoms with Crippen LogP contribution in [0.2, 0.25) is 0 Å². The van der Waals surface area contributed by atoms with Crippen LogP contribution in [0.15, 0.2) is 103 Å². The maximum atomic E-state index is 4.33. The van der Waals surface area contributed by atoms with E-state index in [1.807, 2.05) is 29.1 Å². The first kappa shape index (κ1) is 18.1. The zero-order chi connectivity index (χ0) is 20.6. The lowest BCUT2D eigenvalue weighted by Crippen LogP contribution is -1.95. The molecule has 2 atom stereocenters. The molecule has 5 aromatic rings. The van der Waals surface area contributed by atoms with Crippen molar-refractivity contribution in [1.29, 1.82) is 0 Å². The summed E-state index contributed by atoms with van der Waals surface area (Å²) in [6.45, 7) is 0. The van der Waals surface area contributed by atoms with Crippen LogP contribution in [0.3, 0.4) is 0 Å². The molecule has 0 saturated heterocycles. The highest BCUT2D eigenvalue weighted by Gasteiger charge is 2.37. The number of hydrogen-bond donors (Lipinski definition) is 0. The van der Waals surface area contributed by atoms with Crippen molar-refractivity contribution in [1.82, 2.24) is 15.0 Å². The maximum Gasteiger partial charge on any atom is 0.113 e. The Morgan fingerprint density at radius 1 is 0.774 bits per heavy atom. The van der Waals surface area contributed by atoms with Gasteiger partial charge in [-0.3, -0.25) is 0 Å². The molecule has 31 heavy (non-hydrogen) atoms. The van der Waals surface area contributed by atoms with Crippen molar-refractivity contribution in [2.24, 2.45) is 5.92 Å². The fourth-order valence-corrected chi connectivity index (χ4v) is 4.56. The number of nitrogens with zero attached hydrogens (tertiary/aromatic N) is 3. The van der Waals surface area contributed by atoms with E-state index in [-0.39, 0.29) is 0 Å². The molecule has 1 fully saturated rings. The summed E-state index contributed by atoms with van der Waals surface area (Å²) in [6, 6.07) is 34.5. The third-order valence-electron chi connectivity index (χ3n) is 6.38. The SMILES string of the molecule is c1ccc(-c2cn(-c3ccc(C4CC4Cc4ccc5ccccc5c4)cc3)nn2)cc1. The minimum absolute atomic E-state index is 0.663. The molecule has 1 heterocycles. The van der Waals surface area contributed by atoms with Gasteiger partial charge in [-0.15, -0.1) is 5.10 Å². The fourth-order valence-electron chi connectivity index (χ4n) is 4.56. The number of benzene rings is 4. The van der Waals surface area contributed by atoms with Crippen molar-refractivity contribution >= 4 is 10.8 Å². The monoisotopic (exact) mass is 401 g/mol. The largest absolute Gasteiger partial charge is 0.220 e. The molecule has 150 valence electrons. The Morgan fingerprint density at radius 2 is 1.55 bits per heavy atom. The van der Waals surface area contributed by atoms with E-state index in [9.17, 15) is 0 Å². The molecule has 0 radical (unpaired) electrons. The summed E-state index contributed by atoms with van der Waals surface area (Å²) in [5.74, 6) is 1.40. The van der Waals surface area contributed by atoms with E-state index in [2.05, 4.69) is 89.2 Å². The highest BCUT2D eigenvalue weighted by atomic mass is 15.4. The van der Waals surface area contributed by atoms with Crippen molar-refractivity contribution in [2.45, 2.75) is 18.8 Å². The molecule has 2 unspecified atom stereocenters. The maximum absolute atomic E-state index is 4.33. The predicted molar refractivity (Wildman–Crippen MR) is 125 cm³/mol. The molecule has 0 spiro atoms. The van der Waals surface area contributed by atoms with Crippen molar-refractivity contribution in [3.8, 4) is 16.9 Å². The van der Waals surface area contributed by atoms with Crippen LogP contribution < -0.4 is 0 Å². The van der Waals surface area contributed by atoms with Gasteiger partial charge in [-0.2, -0.15) is 0 Å². The van der Waals surface area contributed by atoms with E-state index in [1.165, 1.54) is 28.3 Å². The van der Waals surface area contributed by atoms with Crippen LogP contribution in [0.25, 0.3) is 27.7 Å². The number of hydrogen-bond acceptors (Lipinski definition) is 2.